The lowest BCUT2D eigenvalue weighted by Crippen LogP contribution is -2.47. The van der Waals surface area contributed by atoms with E-state index in [1.165, 1.54) is 6.20 Å². The highest BCUT2D eigenvalue weighted by molar-refractivity contribution is 5.82. The van der Waals surface area contributed by atoms with Crippen LogP contribution in [0.1, 0.15) is 39.5 Å². The van der Waals surface area contributed by atoms with Crippen molar-refractivity contribution in [1.29, 1.82) is 0 Å². The Morgan fingerprint density at radius 2 is 2.05 bits per heavy atom. The summed E-state index contributed by atoms with van der Waals surface area (Å²) < 4.78 is 9.97. The molecule has 0 aromatic carbocycles. The summed E-state index contributed by atoms with van der Waals surface area (Å²) in [5.41, 5.74) is -0.476. The molecule has 0 bridgehead atoms. The number of pyridine rings is 1. The summed E-state index contributed by atoms with van der Waals surface area (Å²) in [6, 6.07) is 3.59. The third-order valence-electron chi connectivity index (χ3n) is 2.52. The van der Waals surface area contributed by atoms with E-state index in [0.29, 0.717) is 0 Å². The van der Waals surface area contributed by atoms with E-state index in [0.717, 1.165) is 0 Å². The summed E-state index contributed by atoms with van der Waals surface area (Å²) in [4.78, 5) is 27.8. The molecule has 0 radical (unpaired) electrons. The monoisotopic (exact) mass is 310 g/mol. The van der Waals surface area contributed by atoms with Crippen molar-refractivity contribution in [1.82, 2.24) is 10.3 Å². The first kappa shape index (κ1) is 17.9. The maximum atomic E-state index is 12.0. The number of rotatable bonds is 5. The topological polar surface area (TPSA) is 97.8 Å². The number of nitrogens with one attached hydrogen (secondary N) is 1. The molecule has 7 nitrogen and oxygen atoms in total. The van der Waals surface area contributed by atoms with Gasteiger partial charge in [-0.25, -0.2) is 9.59 Å². The van der Waals surface area contributed by atoms with Crippen molar-refractivity contribution >= 4 is 12.1 Å². The number of amides is 1. The summed E-state index contributed by atoms with van der Waals surface area (Å²) in [5, 5.41) is 12.6. The second-order valence-corrected chi connectivity index (χ2v) is 5.58. The number of carbonyl (C=O) groups excluding carboxylic acids is 2. The molecule has 0 aliphatic carbocycles. The van der Waals surface area contributed by atoms with Crippen molar-refractivity contribution in [2.75, 3.05) is 6.61 Å². The Bertz CT molecular complexity index is 498. The van der Waals surface area contributed by atoms with Crippen molar-refractivity contribution in [2.45, 2.75) is 45.4 Å². The average Bonchev–Trinajstić information content (AvgIpc) is 2.43. The van der Waals surface area contributed by atoms with Crippen LogP contribution in [0, 0.1) is 0 Å². The van der Waals surface area contributed by atoms with Crippen LogP contribution in [0.4, 0.5) is 4.79 Å². The Morgan fingerprint density at radius 3 is 2.55 bits per heavy atom. The minimum Gasteiger partial charge on any atom is -0.464 e. The standard InChI is InChI=1S/C15H22N2O5/c1-5-21-13(19)11(17-14(20)22-15(2,3)4)12(18)10-8-6-7-9-16-10/h6-9,11-12,18H,5H2,1-4H3,(H,17,20)/t11-,12-/m0/s1. The van der Waals surface area contributed by atoms with E-state index in [2.05, 4.69) is 10.3 Å². The summed E-state index contributed by atoms with van der Waals surface area (Å²) in [7, 11) is 0. The number of hydrogen-bond donors (Lipinski definition) is 2. The van der Waals surface area contributed by atoms with E-state index < -0.39 is 29.8 Å². The number of nitrogens with zero attached hydrogens (tertiary/aromatic N) is 1. The lowest BCUT2D eigenvalue weighted by Gasteiger charge is -2.25. The third kappa shape index (κ3) is 5.69. The molecule has 122 valence electrons. The van der Waals surface area contributed by atoms with Gasteiger partial charge in [0.05, 0.1) is 12.3 Å². The number of esters is 1. The van der Waals surface area contributed by atoms with Gasteiger partial charge in [-0.2, -0.15) is 0 Å². The SMILES string of the molecule is CCOC(=O)[C@@H](NC(=O)OC(C)(C)C)[C@@H](O)c1ccccn1. The third-order valence-corrected chi connectivity index (χ3v) is 2.52. The van der Waals surface area contributed by atoms with Gasteiger partial charge in [-0.15, -0.1) is 0 Å². The summed E-state index contributed by atoms with van der Waals surface area (Å²) >= 11 is 0. The lowest BCUT2D eigenvalue weighted by atomic mass is 10.1. The van der Waals surface area contributed by atoms with Crippen LogP contribution in [0.15, 0.2) is 24.4 Å². The van der Waals surface area contributed by atoms with Crippen LogP contribution in [0.5, 0.6) is 0 Å². The Morgan fingerprint density at radius 1 is 1.36 bits per heavy atom. The van der Waals surface area contributed by atoms with Crippen LogP contribution < -0.4 is 5.32 Å². The maximum absolute atomic E-state index is 12.0. The molecule has 1 amide bonds. The van der Waals surface area contributed by atoms with Gasteiger partial charge in [0, 0.05) is 6.20 Å². The fraction of sp³-hybridized carbons (Fsp3) is 0.533. The van der Waals surface area contributed by atoms with Gasteiger partial charge in [0.15, 0.2) is 6.04 Å². The first-order valence-corrected chi connectivity index (χ1v) is 6.99. The van der Waals surface area contributed by atoms with Gasteiger partial charge >= 0.3 is 12.1 Å². The molecule has 1 heterocycles. The minimum absolute atomic E-state index is 0.125. The average molecular weight is 310 g/mol. The van der Waals surface area contributed by atoms with Crippen LogP contribution in [0.25, 0.3) is 0 Å². The van der Waals surface area contributed by atoms with Gasteiger partial charge in [0.2, 0.25) is 0 Å². The van der Waals surface area contributed by atoms with E-state index in [-0.39, 0.29) is 12.3 Å². The van der Waals surface area contributed by atoms with E-state index in [1.54, 1.807) is 45.9 Å². The largest absolute Gasteiger partial charge is 0.464 e. The number of alkyl carbamates (subject to hydrolysis) is 1. The second-order valence-electron chi connectivity index (χ2n) is 5.58. The van der Waals surface area contributed by atoms with Gasteiger partial charge in [-0.3, -0.25) is 4.98 Å². The predicted molar refractivity (Wildman–Crippen MR) is 79.0 cm³/mol. The highest BCUT2D eigenvalue weighted by Crippen LogP contribution is 2.16. The second kappa shape index (κ2) is 7.74. The van der Waals surface area contributed by atoms with Gasteiger partial charge in [0.25, 0.3) is 0 Å². The highest BCUT2D eigenvalue weighted by atomic mass is 16.6. The number of hydrogen-bond acceptors (Lipinski definition) is 6. The predicted octanol–water partition coefficient (Wildman–Crippen LogP) is 1.57. The van der Waals surface area contributed by atoms with Crippen LogP contribution in [0.2, 0.25) is 0 Å². The zero-order valence-corrected chi connectivity index (χ0v) is 13.2. The van der Waals surface area contributed by atoms with E-state index >= 15 is 0 Å². The molecule has 0 spiro atoms. The molecule has 1 rings (SSSR count). The van der Waals surface area contributed by atoms with E-state index in [4.69, 9.17) is 9.47 Å². The first-order valence-electron chi connectivity index (χ1n) is 6.99. The van der Waals surface area contributed by atoms with Crippen molar-refractivity contribution in [3.8, 4) is 0 Å². The molecule has 22 heavy (non-hydrogen) atoms. The number of aliphatic hydroxyl groups is 1. The van der Waals surface area contributed by atoms with Crippen molar-refractivity contribution < 1.29 is 24.2 Å². The molecular formula is C15H22N2O5. The molecule has 1 aromatic heterocycles. The Hall–Kier alpha value is -2.15. The van der Waals surface area contributed by atoms with Gasteiger partial charge in [-0.1, -0.05) is 6.07 Å². The normalized spacial score (nSPS) is 13.9. The number of ether oxygens (including phenoxy) is 2. The van der Waals surface area contributed by atoms with Crippen molar-refractivity contribution in [2.24, 2.45) is 0 Å². The molecule has 0 aliphatic rings. The van der Waals surface area contributed by atoms with Gasteiger partial charge in [-0.05, 0) is 39.8 Å². The first-order chi connectivity index (χ1) is 10.2. The molecule has 2 atom stereocenters. The molecule has 2 N–H and O–H groups in total. The van der Waals surface area contributed by atoms with Crippen molar-refractivity contribution in [3.63, 3.8) is 0 Å². The lowest BCUT2D eigenvalue weighted by molar-refractivity contribution is -0.149. The van der Waals surface area contributed by atoms with Crippen LogP contribution >= 0.6 is 0 Å². The van der Waals surface area contributed by atoms with Crippen molar-refractivity contribution in [3.05, 3.63) is 30.1 Å². The molecule has 0 aliphatic heterocycles. The Kier molecular flexibility index (Phi) is 6.30. The van der Waals surface area contributed by atoms with Gasteiger partial charge < -0.3 is 19.9 Å². The summed E-state index contributed by atoms with van der Waals surface area (Å²) in [5.74, 6) is -0.758. The summed E-state index contributed by atoms with van der Waals surface area (Å²) in [6.07, 6.45) is -0.679. The number of aromatic nitrogens is 1. The maximum Gasteiger partial charge on any atom is 0.408 e. The Balaban J connectivity index is 2.89. The molecule has 7 heteroatoms. The number of carbonyl (C=O) groups is 2. The quantitative estimate of drug-likeness (QED) is 0.801. The fourth-order valence-electron chi connectivity index (χ4n) is 1.66. The van der Waals surface area contributed by atoms with E-state index in [1.807, 2.05) is 0 Å². The van der Waals surface area contributed by atoms with Gasteiger partial charge in [0.1, 0.15) is 11.7 Å². The molecule has 0 saturated carbocycles. The highest BCUT2D eigenvalue weighted by Gasteiger charge is 2.33. The number of aliphatic hydroxyl groups excluding tert-OH is 1. The van der Waals surface area contributed by atoms with Crippen LogP contribution in [-0.2, 0) is 14.3 Å². The van der Waals surface area contributed by atoms with E-state index in [9.17, 15) is 14.7 Å². The molecule has 0 saturated heterocycles. The Labute approximate surface area is 129 Å². The molecule has 0 fully saturated rings. The zero-order valence-electron chi connectivity index (χ0n) is 13.2. The smallest absolute Gasteiger partial charge is 0.408 e. The van der Waals surface area contributed by atoms with Crippen LogP contribution in [0.3, 0.4) is 0 Å². The fourth-order valence-corrected chi connectivity index (χ4v) is 1.66. The molecule has 0 unspecified atom stereocenters. The molecular weight excluding hydrogens is 288 g/mol. The minimum atomic E-state index is -1.34. The molecule has 1 aromatic rings. The zero-order chi connectivity index (χ0) is 16.8. The summed E-state index contributed by atoms with van der Waals surface area (Å²) in [6.45, 7) is 6.85. The van der Waals surface area contributed by atoms with Crippen LogP contribution in [-0.4, -0.2) is 40.4 Å².